The fourth-order valence-corrected chi connectivity index (χ4v) is 2.89. The molecule has 28 heavy (non-hydrogen) atoms. The van der Waals surface area contributed by atoms with Crippen molar-refractivity contribution in [3.8, 4) is 11.3 Å². The molecule has 0 atom stereocenters. The van der Waals surface area contributed by atoms with Crippen LogP contribution in [0.1, 0.15) is 43.5 Å². The summed E-state index contributed by atoms with van der Waals surface area (Å²) in [5, 5.41) is 6.64. The number of Topliss-reactive ketones (excluding diaryl/α,β-unsaturated/α-hetero) is 1. The van der Waals surface area contributed by atoms with E-state index in [1.165, 1.54) is 12.8 Å². The van der Waals surface area contributed by atoms with E-state index in [1.54, 1.807) is 13.0 Å². The number of unbranched alkanes of at least 4 members (excludes halogenated alkanes) is 2. The van der Waals surface area contributed by atoms with Crippen molar-refractivity contribution in [1.29, 1.82) is 0 Å². The van der Waals surface area contributed by atoms with Crippen LogP contribution in [0.25, 0.3) is 11.3 Å². The van der Waals surface area contributed by atoms with Crippen molar-refractivity contribution in [1.82, 2.24) is 9.97 Å². The van der Waals surface area contributed by atoms with E-state index in [9.17, 15) is 4.79 Å². The maximum absolute atomic E-state index is 11.6. The zero-order valence-electron chi connectivity index (χ0n) is 16.4. The molecule has 1 aromatic heterocycles. The first-order valence-electron chi connectivity index (χ1n) is 9.72. The molecule has 0 aliphatic heterocycles. The van der Waals surface area contributed by atoms with Crippen LogP contribution in [0.4, 0.5) is 17.5 Å². The van der Waals surface area contributed by atoms with Crippen LogP contribution in [0.5, 0.6) is 0 Å². The second-order valence-corrected chi connectivity index (χ2v) is 6.72. The standard InChI is InChI=1S/C23H26N4O/c1-3-4-8-14-24-22-16-21(18-10-6-5-7-11-18)26-23(27-22)25-20-13-9-12-19(15-20)17(2)28/h5-7,9-13,15-16H,3-4,8,14H2,1-2H3,(H2,24,25,26,27). The lowest BCUT2D eigenvalue weighted by atomic mass is 10.1. The normalized spacial score (nSPS) is 10.5. The number of benzene rings is 2. The number of hydrogen-bond donors (Lipinski definition) is 2. The maximum Gasteiger partial charge on any atom is 0.229 e. The number of carbonyl (C=O) groups is 1. The van der Waals surface area contributed by atoms with Crippen LogP contribution >= 0.6 is 0 Å². The number of nitrogens with zero attached hydrogens (tertiary/aromatic N) is 2. The molecule has 0 aliphatic rings. The van der Waals surface area contributed by atoms with Gasteiger partial charge < -0.3 is 10.6 Å². The zero-order valence-corrected chi connectivity index (χ0v) is 16.4. The number of nitrogens with one attached hydrogen (secondary N) is 2. The van der Waals surface area contributed by atoms with Gasteiger partial charge in [-0.05, 0) is 25.5 Å². The molecule has 0 saturated heterocycles. The van der Waals surface area contributed by atoms with Crippen molar-refractivity contribution in [2.45, 2.75) is 33.1 Å². The maximum atomic E-state index is 11.6. The van der Waals surface area contributed by atoms with Gasteiger partial charge in [-0.1, -0.05) is 62.2 Å². The topological polar surface area (TPSA) is 66.9 Å². The molecule has 3 aromatic rings. The second kappa shape index (κ2) is 9.65. The Hall–Kier alpha value is -3.21. The molecule has 2 aromatic carbocycles. The zero-order chi connectivity index (χ0) is 19.8. The molecule has 3 rings (SSSR count). The van der Waals surface area contributed by atoms with Crippen LogP contribution < -0.4 is 10.6 Å². The molecule has 5 heteroatoms. The molecular formula is C23H26N4O. The first-order chi connectivity index (χ1) is 13.7. The summed E-state index contributed by atoms with van der Waals surface area (Å²) in [6.45, 7) is 4.62. The van der Waals surface area contributed by atoms with E-state index < -0.39 is 0 Å². The monoisotopic (exact) mass is 374 g/mol. The van der Waals surface area contributed by atoms with Gasteiger partial charge >= 0.3 is 0 Å². The van der Waals surface area contributed by atoms with E-state index in [4.69, 9.17) is 0 Å². The van der Waals surface area contributed by atoms with Crippen LogP contribution in [0.3, 0.4) is 0 Å². The Bertz CT molecular complexity index is 925. The Morgan fingerprint density at radius 1 is 0.964 bits per heavy atom. The predicted molar refractivity (Wildman–Crippen MR) is 115 cm³/mol. The van der Waals surface area contributed by atoms with E-state index >= 15 is 0 Å². The van der Waals surface area contributed by atoms with Gasteiger partial charge in [0.15, 0.2) is 5.78 Å². The highest BCUT2D eigenvalue weighted by molar-refractivity contribution is 5.95. The van der Waals surface area contributed by atoms with Gasteiger partial charge in [-0.2, -0.15) is 4.98 Å². The number of aromatic nitrogens is 2. The minimum absolute atomic E-state index is 0.0286. The summed E-state index contributed by atoms with van der Waals surface area (Å²) in [6, 6.07) is 19.4. The Morgan fingerprint density at radius 3 is 2.54 bits per heavy atom. The molecule has 0 aliphatic carbocycles. The Labute approximate surface area is 166 Å². The van der Waals surface area contributed by atoms with E-state index in [1.807, 2.05) is 54.6 Å². The summed E-state index contributed by atoms with van der Waals surface area (Å²) < 4.78 is 0. The number of rotatable bonds is 9. The molecule has 2 N–H and O–H groups in total. The Balaban J connectivity index is 1.88. The molecule has 0 bridgehead atoms. The number of hydrogen-bond acceptors (Lipinski definition) is 5. The highest BCUT2D eigenvalue weighted by atomic mass is 16.1. The summed E-state index contributed by atoms with van der Waals surface area (Å²) in [5.74, 6) is 1.32. The van der Waals surface area contributed by atoms with Gasteiger partial charge in [0.05, 0.1) is 5.69 Å². The average Bonchev–Trinajstić information content (AvgIpc) is 2.72. The van der Waals surface area contributed by atoms with Crippen LogP contribution in [0, 0.1) is 0 Å². The molecule has 0 amide bonds. The van der Waals surface area contributed by atoms with Gasteiger partial charge in [-0.3, -0.25) is 4.79 Å². The fraction of sp³-hybridized carbons (Fsp3) is 0.261. The molecule has 0 spiro atoms. The lowest BCUT2D eigenvalue weighted by Gasteiger charge is -2.12. The third-order valence-electron chi connectivity index (χ3n) is 4.41. The lowest BCUT2D eigenvalue weighted by molar-refractivity contribution is 0.101. The predicted octanol–water partition coefficient (Wildman–Crippen LogP) is 5.69. The lowest BCUT2D eigenvalue weighted by Crippen LogP contribution is -2.07. The van der Waals surface area contributed by atoms with E-state index in [2.05, 4.69) is 27.5 Å². The van der Waals surface area contributed by atoms with Crippen molar-refractivity contribution in [3.05, 3.63) is 66.2 Å². The number of anilines is 3. The molecule has 0 saturated carbocycles. The third-order valence-corrected chi connectivity index (χ3v) is 4.41. The highest BCUT2D eigenvalue weighted by Crippen LogP contribution is 2.23. The molecule has 1 heterocycles. The average molecular weight is 374 g/mol. The highest BCUT2D eigenvalue weighted by Gasteiger charge is 2.08. The molecule has 0 unspecified atom stereocenters. The summed E-state index contributed by atoms with van der Waals surface area (Å²) in [7, 11) is 0. The van der Waals surface area contributed by atoms with E-state index in [-0.39, 0.29) is 5.78 Å². The van der Waals surface area contributed by atoms with Crippen molar-refractivity contribution in [2.24, 2.45) is 0 Å². The minimum atomic E-state index is 0.0286. The van der Waals surface area contributed by atoms with Gasteiger partial charge in [-0.25, -0.2) is 4.98 Å². The first-order valence-corrected chi connectivity index (χ1v) is 9.72. The third kappa shape index (κ3) is 5.39. The molecule has 0 fully saturated rings. The fourth-order valence-electron chi connectivity index (χ4n) is 2.89. The number of carbonyl (C=O) groups excluding carboxylic acids is 1. The van der Waals surface area contributed by atoms with Crippen LogP contribution in [-0.4, -0.2) is 22.3 Å². The van der Waals surface area contributed by atoms with Crippen molar-refractivity contribution in [2.75, 3.05) is 17.2 Å². The summed E-state index contributed by atoms with van der Waals surface area (Å²) in [4.78, 5) is 20.9. The van der Waals surface area contributed by atoms with Gasteiger partial charge in [0.25, 0.3) is 0 Å². The van der Waals surface area contributed by atoms with Gasteiger partial charge in [0.1, 0.15) is 5.82 Å². The van der Waals surface area contributed by atoms with E-state index in [0.29, 0.717) is 11.5 Å². The first kappa shape index (κ1) is 19.5. The van der Waals surface area contributed by atoms with Crippen LogP contribution in [0.15, 0.2) is 60.7 Å². The minimum Gasteiger partial charge on any atom is -0.370 e. The summed E-state index contributed by atoms with van der Waals surface area (Å²) >= 11 is 0. The van der Waals surface area contributed by atoms with Gasteiger partial charge in [0.2, 0.25) is 5.95 Å². The van der Waals surface area contributed by atoms with Gasteiger partial charge in [0, 0.05) is 29.4 Å². The van der Waals surface area contributed by atoms with E-state index in [0.717, 1.165) is 35.7 Å². The largest absolute Gasteiger partial charge is 0.370 e. The van der Waals surface area contributed by atoms with Crippen molar-refractivity contribution >= 4 is 23.2 Å². The molecule has 0 radical (unpaired) electrons. The molecule has 144 valence electrons. The number of ketones is 1. The second-order valence-electron chi connectivity index (χ2n) is 6.72. The smallest absolute Gasteiger partial charge is 0.229 e. The molecule has 5 nitrogen and oxygen atoms in total. The van der Waals surface area contributed by atoms with Crippen LogP contribution in [-0.2, 0) is 0 Å². The quantitative estimate of drug-likeness (QED) is 0.372. The summed E-state index contributed by atoms with van der Waals surface area (Å²) in [6.07, 6.45) is 3.47. The SMILES string of the molecule is CCCCCNc1cc(-c2ccccc2)nc(Nc2cccc(C(C)=O)c2)n1. The Morgan fingerprint density at radius 2 is 1.79 bits per heavy atom. The molecular weight excluding hydrogens is 348 g/mol. The Kier molecular flexibility index (Phi) is 6.73. The van der Waals surface area contributed by atoms with Gasteiger partial charge in [-0.15, -0.1) is 0 Å². The van der Waals surface area contributed by atoms with Crippen LogP contribution in [0.2, 0.25) is 0 Å². The van der Waals surface area contributed by atoms with Crippen molar-refractivity contribution < 1.29 is 4.79 Å². The summed E-state index contributed by atoms with van der Waals surface area (Å²) in [5.41, 5.74) is 3.32. The van der Waals surface area contributed by atoms with Crippen molar-refractivity contribution in [3.63, 3.8) is 0 Å².